The molecule has 0 saturated carbocycles. The van der Waals surface area contributed by atoms with Gasteiger partial charge in [-0.2, -0.15) is 0 Å². The molecule has 1 saturated heterocycles. The van der Waals surface area contributed by atoms with Gasteiger partial charge in [-0.1, -0.05) is 55.0 Å². The topological polar surface area (TPSA) is 67.9 Å². The summed E-state index contributed by atoms with van der Waals surface area (Å²) in [5.74, 6) is 0.0351. The van der Waals surface area contributed by atoms with Crippen molar-refractivity contribution < 1.29 is 19.1 Å². The summed E-state index contributed by atoms with van der Waals surface area (Å²) in [5.41, 5.74) is 4.56. The van der Waals surface area contributed by atoms with Crippen molar-refractivity contribution in [2.45, 2.75) is 26.9 Å². The summed E-state index contributed by atoms with van der Waals surface area (Å²) in [6, 6.07) is 20.9. The first-order valence-electron chi connectivity index (χ1n) is 11.3. The average molecular weight is 487 g/mol. The van der Waals surface area contributed by atoms with Crippen LogP contribution in [0.25, 0.3) is 6.08 Å². The third kappa shape index (κ3) is 5.41. The fourth-order valence-electron chi connectivity index (χ4n) is 3.68. The predicted molar refractivity (Wildman–Crippen MR) is 141 cm³/mol. The summed E-state index contributed by atoms with van der Waals surface area (Å²) >= 11 is 5.28. The van der Waals surface area contributed by atoms with E-state index in [9.17, 15) is 9.59 Å². The Bertz CT molecular complexity index is 1300. The standard InChI is InChI=1S/C28H26N2O4S/c1-4-19-9-12-22(13-10-19)30-27(32)23(26(31)29-28(30)35)15-21-11-14-24(25(16-21)33-3)34-17-20-7-5-18(2)6-8-20/h5-16H,4,17H2,1-3H3,(H,29,31,35)/b23-15+. The number of ether oxygens (including phenoxy) is 2. The molecule has 2 amide bonds. The fourth-order valence-corrected chi connectivity index (χ4v) is 3.96. The second-order valence-corrected chi connectivity index (χ2v) is 8.55. The van der Waals surface area contributed by atoms with E-state index in [2.05, 4.69) is 12.2 Å². The van der Waals surface area contributed by atoms with Crippen LogP contribution in [0.4, 0.5) is 5.69 Å². The van der Waals surface area contributed by atoms with Gasteiger partial charge in [-0.25, -0.2) is 0 Å². The number of thiocarbonyl (C=S) groups is 1. The Labute approximate surface area is 210 Å². The van der Waals surface area contributed by atoms with Crippen LogP contribution in [0.5, 0.6) is 11.5 Å². The van der Waals surface area contributed by atoms with Crippen LogP contribution in [0.3, 0.4) is 0 Å². The number of benzene rings is 3. The molecular weight excluding hydrogens is 460 g/mol. The second kappa shape index (κ2) is 10.5. The number of carbonyl (C=O) groups is 2. The molecule has 0 aromatic heterocycles. The number of methoxy groups -OCH3 is 1. The highest BCUT2D eigenvalue weighted by atomic mass is 32.1. The maximum absolute atomic E-state index is 13.3. The summed E-state index contributed by atoms with van der Waals surface area (Å²) in [6.45, 7) is 4.48. The van der Waals surface area contributed by atoms with E-state index in [0.717, 1.165) is 17.5 Å². The van der Waals surface area contributed by atoms with Gasteiger partial charge >= 0.3 is 0 Å². The molecule has 0 atom stereocenters. The smallest absolute Gasteiger partial charge is 0.270 e. The molecule has 3 aromatic rings. The zero-order valence-corrected chi connectivity index (χ0v) is 20.6. The van der Waals surface area contributed by atoms with Gasteiger partial charge in [0.1, 0.15) is 12.2 Å². The first-order chi connectivity index (χ1) is 16.9. The molecule has 1 fully saturated rings. The van der Waals surface area contributed by atoms with Crippen molar-refractivity contribution in [1.82, 2.24) is 5.32 Å². The van der Waals surface area contributed by atoms with Crippen molar-refractivity contribution in [3.8, 4) is 11.5 Å². The van der Waals surface area contributed by atoms with Gasteiger partial charge in [-0.05, 0) is 72.6 Å². The number of hydrogen-bond donors (Lipinski definition) is 1. The molecule has 1 heterocycles. The Morgan fingerprint density at radius 2 is 1.63 bits per heavy atom. The van der Waals surface area contributed by atoms with Gasteiger partial charge in [0.25, 0.3) is 11.8 Å². The van der Waals surface area contributed by atoms with Crippen molar-refractivity contribution in [2.24, 2.45) is 0 Å². The maximum Gasteiger partial charge on any atom is 0.270 e. The van der Waals surface area contributed by atoms with Gasteiger partial charge in [0.05, 0.1) is 12.8 Å². The van der Waals surface area contributed by atoms with Crippen LogP contribution >= 0.6 is 12.2 Å². The van der Waals surface area contributed by atoms with Crippen LogP contribution in [-0.2, 0) is 22.6 Å². The second-order valence-electron chi connectivity index (χ2n) is 8.16. The van der Waals surface area contributed by atoms with Gasteiger partial charge in [-0.15, -0.1) is 0 Å². The molecule has 0 unspecified atom stereocenters. The molecule has 7 heteroatoms. The van der Waals surface area contributed by atoms with Crippen LogP contribution in [0.2, 0.25) is 0 Å². The lowest BCUT2D eigenvalue weighted by atomic mass is 10.1. The number of aryl methyl sites for hydroxylation is 2. The third-order valence-corrected chi connectivity index (χ3v) is 6.00. The number of anilines is 1. The van der Waals surface area contributed by atoms with Crippen molar-refractivity contribution in [2.75, 3.05) is 12.0 Å². The Balaban J connectivity index is 1.57. The molecule has 4 rings (SSSR count). The zero-order chi connectivity index (χ0) is 24.9. The van der Waals surface area contributed by atoms with Gasteiger partial charge in [-0.3, -0.25) is 19.8 Å². The van der Waals surface area contributed by atoms with Crippen LogP contribution < -0.4 is 19.7 Å². The van der Waals surface area contributed by atoms with E-state index >= 15 is 0 Å². The minimum Gasteiger partial charge on any atom is -0.493 e. The predicted octanol–water partition coefficient (Wildman–Crippen LogP) is 4.98. The molecule has 178 valence electrons. The number of amides is 2. The Morgan fingerprint density at radius 3 is 2.29 bits per heavy atom. The molecule has 0 radical (unpaired) electrons. The van der Waals surface area contributed by atoms with Crippen LogP contribution in [0.1, 0.15) is 29.2 Å². The SMILES string of the molecule is CCc1ccc(N2C(=O)/C(=C/c3ccc(OCc4ccc(C)cc4)c(OC)c3)C(=O)NC2=S)cc1. The van der Waals surface area contributed by atoms with Crippen LogP contribution in [0, 0.1) is 6.92 Å². The lowest BCUT2D eigenvalue weighted by Gasteiger charge is -2.29. The van der Waals surface area contributed by atoms with E-state index in [1.807, 2.05) is 55.5 Å². The summed E-state index contributed by atoms with van der Waals surface area (Å²) < 4.78 is 11.4. The minimum atomic E-state index is -0.542. The highest BCUT2D eigenvalue weighted by molar-refractivity contribution is 7.80. The van der Waals surface area contributed by atoms with Gasteiger partial charge in [0.2, 0.25) is 0 Å². The summed E-state index contributed by atoms with van der Waals surface area (Å²) in [4.78, 5) is 27.2. The number of carbonyl (C=O) groups excluding carboxylic acids is 2. The fraction of sp³-hybridized carbons (Fsp3) is 0.179. The zero-order valence-electron chi connectivity index (χ0n) is 19.8. The van der Waals surface area contributed by atoms with Gasteiger partial charge in [0.15, 0.2) is 16.6 Å². The highest BCUT2D eigenvalue weighted by Gasteiger charge is 2.34. The summed E-state index contributed by atoms with van der Waals surface area (Å²) in [5, 5.41) is 2.67. The Hall–Kier alpha value is -3.97. The maximum atomic E-state index is 13.3. The van der Waals surface area contributed by atoms with Crippen LogP contribution in [0.15, 0.2) is 72.3 Å². The molecule has 3 aromatic carbocycles. The number of nitrogens with zero attached hydrogens (tertiary/aromatic N) is 1. The van der Waals surface area contributed by atoms with E-state index in [4.69, 9.17) is 21.7 Å². The number of rotatable bonds is 7. The van der Waals surface area contributed by atoms with Gasteiger partial charge in [0, 0.05) is 0 Å². The molecular formula is C28H26N2O4S. The molecule has 1 N–H and O–H groups in total. The molecule has 1 aliphatic rings. The summed E-state index contributed by atoms with van der Waals surface area (Å²) in [6.07, 6.45) is 2.41. The molecule has 0 bridgehead atoms. The van der Waals surface area contributed by atoms with E-state index in [1.54, 1.807) is 25.3 Å². The molecule has 6 nitrogen and oxygen atoms in total. The molecule has 0 aliphatic carbocycles. The lowest BCUT2D eigenvalue weighted by molar-refractivity contribution is -0.122. The van der Waals surface area contributed by atoms with E-state index < -0.39 is 11.8 Å². The van der Waals surface area contributed by atoms with E-state index in [0.29, 0.717) is 29.4 Å². The lowest BCUT2D eigenvalue weighted by Crippen LogP contribution is -2.54. The normalized spacial score (nSPS) is 14.8. The first kappa shape index (κ1) is 24.2. The van der Waals surface area contributed by atoms with Gasteiger partial charge < -0.3 is 9.47 Å². The number of nitrogens with one attached hydrogen (secondary N) is 1. The quantitative estimate of drug-likeness (QED) is 0.290. The molecule has 1 aliphatic heterocycles. The largest absolute Gasteiger partial charge is 0.493 e. The van der Waals surface area contributed by atoms with Crippen molar-refractivity contribution >= 4 is 40.9 Å². The third-order valence-electron chi connectivity index (χ3n) is 5.72. The summed E-state index contributed by atoms with van der Waals surface area (Å²) in [7, 11) is 1.55. The van der Waals surface area contributed by atoms with Crippen molar-refractivity contribution in [3.05, 3.63) is 94.6 Å². The van der Waals surface area contributed by atoms with E-state index in [1.165, 1.54) is 16.5 Å². The highest BCUT2D eigenvalue weighted by Crippen LogP contribution is 2.30. The minimum absolute atomic E-state index is 0.0199. The van der Waals surface area contributed by atoms with E-state index in [-0.39, 0.29) is 10.7 Å². The average Bonchev–Trinajstić information content (AvgIpc) is 2.86. The van der Waals surface area contributed by atoms with Crippen LogP contribution in [-0.4, -0.2) is 24.0 Å². The van der Waals surface area contributed by atoms with Crippen molar-refractivity contribution in [1.29, 1.82) is 0 Å². The monoisotopic (exact) mass is 486 g/mol. The Kier molecular flexibility index (Phi) is 7.27. The molecule has 0 spiro atoms. The van der Waals surface area contributed by atoms with Crippen molar-refractivity contribution in [3.63, 3.8) is 0 Å². The Morgan fingerprint density at radius 1 is 0.943 bits per heavy atom. The number of hydrogen-bond acceptors (Lipinski definition) is 5. The first-order valence-corrected chi connectivity index (χ1v) is 11.7. The molecule has 35 heavy (non-hydrogen) atoms.